The SMILES string of the molecule is CCN(Cc1nc2ccccc2c(C)c1Cl)C1CNC1. The van der Waals surface area contributed by atoms with Gasteiger partial charge < -0.3 is 5.32 Å². The molecule has 1 N–H and O–H groups in total. The first-order valence-corrected chi connectivity index (χ1v) is 7.57. The molecule has 4 heteroatoms. The molecular weight excluding hydrogens is 270 g/mol. The molecule has 1 aromatic carbocycles. The molecule has 2 heterocycles. The van der Waals surface area contributed by atoms with Gasteiger partial charge in [0.2, 0.25) is 0 Å². The van der Waals surface area contributed by atoms with E-state index in [9.17, 15) is 0 Å². The second-order valence-corrected chi connectivity index (χ2v) is 5.77. The summed E-state index contributed by atoms with van der Waals surface area (Å²) in [6.45, 7) is 8.26. The Balaban J connectivity index is 1.96. The van der Waals surface area contributed by atoms with Crippen LogP contribution in [0.4, 0.5) is 0 Å². The van der Waals surface area contributed by atoms with E-state index in [4.69, 9.17) is 16.6 Å². The van der Waals surface area contributed by atoms with Gasteiger partial charge in [-0.1, -0.05) is 36.7 Å². The molecular formula is C16H20ClN3. The van der Waals surface area contributed by atoms with Crippen LogP contribution in [0.15, 0.2) is 24.3 Å². The number of halogens is 1. The molecule has 2 aromatic rings. The standard InChI is InChI=1S/C16H20ClN3/c1-3-20(12-8-18-9-12)10-15-16(17)11(2)13-6-4-5-7-14(13)19-15/h4-7,12,18H,3,8-10H2,1-2H3. The third-order valence-corrected chi connectivity index (χ3v) is 4.68. The normalized spacial score (nSPS) is 15.8. The van der Waals surface area contributed by atoms with E-state index in [-0.39, 0.29) is 0 Å². The maximum atomic E-state index is 6.53. The average molecular weight is 290 g/mol. The summed E-state index contributed by atoms with van der Waals surface area (Å²) in [5.74, 6) is 0. The van der Waals surface area contributed by atoms with E-state index in [1.165, 1.54) is 0 Å². The zero-order chi connectivity index (χ0) is 14.1. The predicted octanol–water partition coefficient (Wildman–Crippen LogP) is 2.99. The lowest BCUT2D eigenvalue weighted by Gasteiger charge is -2.37. The van der Waals surface area contributed by atoms with Crippen molar-refractivity contribution in [2.75, 3.05) is 19.6 Å². The molecule has 0 spiro atoms. The van der Waals surface area contributed by atoms with Crippen molar-refractivity contribution in [1.29, 1.82) is 0 Å². The van der Waals surface area contributed by atoms with Gasteiger partial charge in [-0.2, -0.15) is 0 Å². The molecule has 0 atom stereocenters. The number of nitrogens with one attached hydrogen (secondary N) is 1. The van der Waals surface area contributed by atoms with Crippen LogP contribution in [-0.4, -0.2) is 35.6 Å². The molecule has 0 radical (unpaired) electrons. The number of hydrogen-bond donors (Lipinski definition) is 1. The third-order valence-electron chi connectivity index (χ3n) is 4.18. The highest BCUT2D eigenvalue weighted by molar-refractivity contribution is 6.32. The molecule has 0 aliphatic carbocycles. The van der Waals surface area contributed by atoms with E-state index in [0.717, 1.165) is 53.4 Å². The van der Waals surface area contributed by atoms with Gasteiger partial charge in [0.25, 0.3) is 0 Å². The molecule has 1 aliphatic heterocycles. The Labute approximate surface area is 124 Å². The van der Waals surface area contributed by atoms with Gasteiger partial charge in [0.15, 0.2) is 0 Å². The molecule has 3 rings (SSSR count). The number of aryl methyl sites for hydroxylation is 1. The number of rotatable bonds is 4. The van der Waals surface area contributed by atoms with Crippen LogP contribution < -0.4 is 5.32 Å². The molecule has 1 saturated heterocycles. The Morgan fingerprint density at radius 1 is 1.35 bits per heavy atom. The van der Waals surface area contributed by atoms with E-state index in [1.807, 2.05) is 12.1 Å². The quantitative estimate of drug-likeness (QED) is 0.938. The number of fused-ring (bicyclic) bond motifs is 1. The predicted molar refractivity (Wildman–Crippen MR) is 84.2 cm³/mol. The summed E-state index contributed by atoms with van der Waals surface area (Å²) in [5, 5.41) is 5.28. The summed E-state index contributed by atoms with van der Waals surface area (Å²) in [5.41, 5.74) is 3.17. The van der Waals surface area contributed by atoms with E-state index in [0.29, 0.717) is 6.04 Å². The van der Waals surface area contributed by atoms with Crippen molar-refractivity contribution < 1.29 is 0 Å². The Bertz CT molecular complexity index is 622. The molecule has 1 aromatic heterocycles. The fraction of sp³-hybridized carbons (Fsp3) is 0.438. The van der Waals surface area contributed by atoms with Crippen LogP contribution in [0.3, 0.4) is 0 Å². The molecule has 3 nitrogen and oxygen atoms in total. The zero-order valence-electron chi connectivity index (χ0n) is 12.0. The van der Waals surface area contributed by atoms with E-state index >= 15 is 0 Å². The number of likely N-dealkylation sites (N-methyl/N-ethyl adjacent to an activating group) is 1. The molecule has 106 valence electrons. The highest BCUT2D eigenvalue weighted by Crippen LogP contribution is 2.28. The lowest BCUT2D eigenvalue weighted by atomic mass is 10.1. The van der Waals surface area contributed by atoms with Gasteiger partial charge >= 0.3 is 0 Å². The van der Waals surface area contributed by atoms with Gasteiger partial charge in [0.05, 0.1) is 16.2 Å². The third kappa shape index (κ3) is 2.41. The first-order chi connectivity index (χ1) is 9.70. The first kappa shape index (κ1) is 13.8. The first-order valence-electron chi connectivity index (χ1n) is 7.19. The number of nitrogens with zero attached hydrogens (tertiary/aromatic N) is 2. The molecule has 0 bridgehead atoms. The topological polar surface area (TPSA) is 28.2 Å². The van der Waals surface area contributed by atoms with Crippen molar-refractivity contribution in [3.8, 4) is 0 Å². The lowest BCUT2D eigenvalue weighted by molar-refractivity contribution is 0.144. The summed E-state index contributed by atoms with van der Waals surface area (Å²) < 4.78 is 0. The van der Waals surface area contributed by atoms with E-state index < -0.39 is 0 Å². The van der Waals surface area contributed by atoms with Crippen LogP contribution in [0.2, 0.25) is 5.02 Å². The van der Waals surface area contributed by atoms with Crippen LogP contribution in [-0.2, 0) is 6.54 Å². The number of para-hydroxylation sites is 1. The Hall–Kier alpha value is -1.16. The fourth-order valence-corrected chi connectivity index (χ4v) is 2.95. The van der Waals surface area contributed by atoms with Gasteiger partial charge in [0.1, 0.15) is 0 Å². The number of aromatic nitrogens is 1. The smallest absolute Gasteiger partial charge is 0.0740 e. The Kier molecular flexibility index (Phi) is 3.92. The van der Waals surface area contributed by atoms with Crippen molar-refractivity contribution >= 4 is 22.5 Å². The monoisotopic (exact) mass is 289 g/mol. The van der Waals surface area contributed by atoms with E-state index in [1.54, 1.807) is 0 Å². The molecule has 20 heavy (non-hydrogen) atoms. The zero-order valence-corrected chi connectivity index (χ0v) is 12.7. The summed E-state index contributed by atoms with van der Waals surface area (Å²) in [7, 11) is 0. The van der Waals surface area contributed by atoms with Gasteiger partial charge in [0, 0.05) is 31.1 Å². The maximum absolute atomic E-state index is 6.53. The van der Waals surface area contributed by atoms with Crippen molar-refractivity contribution in [2.45, 2.75) is 26.4 Å². The molecule has 0 amide bonds. The van der Waals surface area contributed by atoms with Crippen LogP contribution in [0, 0.1) is 6.92 Å². The van der Waals surface area contributed by atoms with Crippen molar-refractivity contribution in [3.63, 3.8) is 0 Å². The Morgan fingerprint density at radius 3 is 2.75 bits per heavy atom. The minimum Gasteiger partial charge on any atom is -0.314 e. The molecule has 0 unspecified atom stereocenters. The number of benzene rings is 1. The molecule has 1 aliphatic rings. The van der Waals surface area contributed by atoms with Gasteiger partial charge in [-0.15, -0.1) is 0 Å². The second-order valence-electron chi connectivity index (χ2n) is 5.39. The maximum Gasteiger partial charge on any atom is 0.0740 e. The number of hydrogen-bond acceptors (Lipinski definition) is 3. The number of pyridine rings is 1. The van der Waals surface area contributed by atoms with Gasteiger partial charge in [-0.05, 0) is 25.1 Å². The average Bonchev–Trinajstić information content (AvgIpc) is 2.41. The molecule has 0 saturated carbocycles. The Morgan fingerprint density at radius 2 is 2.10 bits per heavy atom. The van der Waals surface area contributed by atoms with Crippen molar-refractivity contribution in [3.05, 3.63) is 40.5 Å². The lowest BCUT2D eigenvalue weighted by Crippen LogP contribution is -2.56. The minimum atomic E-state index is 0.615. The minimum absolute atomic E-state index is 0.615. The fourth-order valence-electron chi connectivity index (χ4n) is 2.75. The summed E-state index contributed by atoms with van der Waals surface area (Å²) >= 11 is 6.53. The highest BCUT2D eigenvalue weighted by atomic mass is 35.5. The second kappa shape index (κ2) is 5.68. The van der Waals surface area contributed by atoms with Crippen LogP contribution in [0.5, 0.6) is 0 Å². The summed E-state index contributed by atoms with van der Waals surface area (Å²) in [4.78, 5) is 7.21. The summed E-state index contributed by atoms with van der Waals surface area (Å²) in [6.07, 6.45) is 0. The van der Waals surface area contributed by atoms with Crippen LogP contribution in [0.25, 0.3) is 10.9 Å². The van der Waals surface area contributed by atoms with Crippen LogP contribution >= 0.6 is 11.6 Å². The van der Waals surface area contributed by atoms with Gasteiger partial charge in [-0.3, -0.25) is 4.90 Å². The largest absolute Gasteiger partial charge is 0.314 e. The van der Waals surface area contributed by atoms with E-state index in [2.05, 4.69) is 36.2 Å². The molecule has 1 fully saturated rings. The van der Waals surface area contributed by atoms with Gasteiger partial charge in [-0.25, -0.2) is 4.98 Å². The van der Waals surface area contributed by atoms with Crippen LogP contribution in [0.1, 0.15) is 18.2 Å². The summed E-state index contributed by atoms with van der Waals surface area (Å²) in [6, 6.07) is 8.82. The van der Waals surface area contributed by atoms with Crippen molar-refractivity contribution in [1.82, 2.24) is 15.2 Å². The highest BCUT2D eigenvalue weighted by Gasteiger charge is 2.24. The van der Waals surface area contributed by atoms with Crippen molar-refractivity contribution in [2.24, 2.45) is 0 Å².